The van der Waals surface area contributed by atoms with Gasteiger partial charge < -0.3 is 14.7 Å². The molecule has 0 aromatic carbocycles. The SMILES string of the molecule is CC[C@H](NC(=O)N1CCCCC1)C1=CCN(Cc2noc(C)n2)CC1. The normalized spacial score (nSPS) is 20.2. The van der Waals surface area contributed by atoms with Gasteiger partial charge in [0.25, 0.3) is 0 Å². The minimum atomic E-state index is 0.0946. The van der Waals surface area contributed by atoms with Gasteiger partial charge in [-0.2, -0.15) is 4.98 Å². The Morgan fingerprint density at radius 1 is 1.32 bits per heavy atom. The molecule has 2 amide bonds. The highest BCUT2D eigenvalue weighted by molar-refractivity contribution is 5.75. The predicted molar refractivity (Wildman–Crippen MR) is 95.0 cm³/mol. The minimum Gasteiger partial charge on any atom is -0.340 e. The standard InChI is InChI=1S/C18H29N5O2/c1-3-16(20-18(24)23-9-5-4-6-10-23)15-7-11-22(12-8-15)13-17-19-14(2)25-21-17/h7,16H,3-6,8-13H2,1-2H3,(H,20,24)/t16-/m0/s1. The highest BCUT2D eigenvalue weighted by atomic mass is 16.5. The van der Waals surface area contributed by atoms with Gasteiger partial charge in [-0.15, -0.1) is 0 Å². The number of aromatic nitrogens is 2. The summed E-state index contributed by atoms with van der Waals surface area (Å²) in [5, 5.41) is 7.19. The molecule has 7 nitrogen and oxygen atoms in total. The predicted octanol–water partition coefficient (Wildman–Crippen LogP) is 2.48. The third-order valence-corrected chi connectivity index (χ3v) is 5.06. The van der Waals surface area contributed by atoms with E-state index in [-0.39, 0.29) is 12.1 Å². The van der Waals surface area contributed by atoms with E-state index in [1.165, 1.54) is 12.0 Å². The van der Waals surface area contributed by atoms with Gasteiger partial charge in [-0.25, -0.2) is 4.79 Å². The van der Waals surface area contributed by atoms with Crippen molar-refractivity contribution < 1.29 is 9.32 Å². The van der Waals surface area contributed by atoms with Gasteiger partial charge in [0.05, 0.1) is 12.6 Å². The van der Waals surface area contributed by atoms with Crippen molar-refractivity contribution in [3.05, 3.63) is 23.4 Å². The lowest BCUT2D eigenvalue weighted by atomic mass is 9.98. The van der Waals surface area contributed by atoms with E-state index in [9.17, 15) is 4.79 Å². The minimum absolute atomic E-state index is 0.0946. The van der Waals surface area contributed by atoms with Crippen molar-refractivity contribution in [3.63, 3.8) is 0 Å². The van der Waals surface area contributed by atoms with Gasteiger partial charge in [0.15, 0.2) is 5.82 Å². The highest BCUT2D eigenvalue weighted by Crippen LogP contribution is 2.19. The van der Waals surface area contributed by atoms with E-state index in [1.807, 2.05) is 11.8 Å². The fourth-order valence-corrected chi connectivity index (χ4v) is 3.59. The van der Waals surface area contributed by atoms with Gasteiger partial charge in [-0.1, -0.05) is 18.2 Å². The van der Waals surface area contributed by atoms with Crippen LogP contribution in [0.25, 0.3) is 0 Å². The second-order valence-corrected chi connectivity index (χ2v) is 6.95. The smallest absolute Gasteiger partial charge is 0.317 e. The number of hydrogen-bond donors (Lipinski definition) is 1. The highest BCUT2D eigenvalue weighted by Gasteiger charge is 2.23. The van der Waals surface area contributed by atoms with E-state index >= 15 is 0 Å². The summed E-state index contributed by atoms with van der Waals surface area (Å²) in [6.45, 7) is 8.24. The molecule has 0 spiro atoms. The van der Waals surface area contributed by atoms with Gasteiger partial charge in [-0.3, -0.25) is 4.90 Å². The number of nitrogens with zero attached hydrogens (tertiary/aromatic N) is 4. The molecule has 0 unspecified atom stereocenters. The maximum absolute atomic E-state index is 12.5. The van der Waals surface area contributed by atoms with Crippen LogP contribution in [0, 0.1) is 6.92 Å². The van der Waals surface area contributed by atoms with Crippen LogP contribution in [0.15, 0.2) is 16.2 Å². The number of likely N-dealkylation sites (tertiary alicyclic amines) is 1. The Balaban J connectivity index is 1.52. The fraction of sp³-hybridized carbons (Fsp3) is 0.722. The molecule has 2 aliphatic rings. The third-order valence-electron chi connectivity index (χ3n) is 5.06. The molecule has 3 rings (SSSR count). The second kappa shape index (κ2) is 8.47. The summed E-state index contributed by atoms with van der Waals surface area (Å²) in [7, 11) is 0. The molecule has 1 atom stereocenters. The maximum Gasteiger partial charge on any atom is 0.317 e. The van der Waals surface area contributed by atoms with E-state index in [1.54, 1.807) is 0 Å². The number of rotatable bonds is 5. The molecule has 0 radical (unpaired) electrons. The first-order valence-electron chi connectivity index (χ1n) is 9.41. The first kappa shape index (κ1) is 17.9. The van der Waals surface area contributed by atoms with E-state index < -0.39 is 0 Å². The van der Waals surface area contributed by atoms with Crippen molar-refractivity contribution in [2.24, 2.45) is 0 Å². The Morgan fingerprint density at radius 3 is 2.72 bits per heavy atom. The van der Waals surface area contributed by atoms with Gasteiger partial charge >= 0.3 is 6.03 Å². The van der Waals surface area contributed by atoms with Crippen molar-refractivity contribution in [2.45, 2.75) is 58.5 Å². The Kier molecular flexibility index (Phi) is 6.07. The quantitative estimate of drug-likeness (QED) is 0.828. The van der Waals surface area contributed by atoms with Gasteiger partial charge in [0.1, 0.15) is 0 Å². The fourth-order valence-electron chi connectivity index (χ4n) is 3.59. The lowest BCUT2D eigenvalue weighted by Gasteiger charge is -2.32. The number of piperidine rings is 1. The van der Waals surface area contributed by atoms with Crippen LogP contribution >= 0.6 is 0 Å². The molecular formula is C18H29N5O2. The molecule has 0 saturated carbocycles. The zero-order chi connectivity index (χ0) is 17.6. The molecule has 1 N–H and O–H groups in total. The number of carbonyl (C=O) groups excluding carboxylic acids is 1. The second-order valence-electron chi connectivity index (χ2n) is 6.95. The number of urea groups is 1. The topological polar surface area (TPSA) is 74.5 Å². The Bertz CT molecular complexity index is 606. The van der Waals surface area contributed by atoms with Crippen molar-refractivity contribution in [2.75, 3.05) is 26.2 Å². The van der Waals surface area contributed by atoms with E-state index in [4.69, 9.17) is 4.52 Å². The summed E-state index contributed by atoms with van der Waals surface area (Å²) < 4.78 is 5.03. The molecule has 0 aliphatic carbocycles. The Morgan fingerprint density at radius 2 is 2.12 bits per heavy atom. The third kappa shape index (κ3) is 4.81. The molecule has 138 valence electrons. The summed E-state index contributed by atoms with van der Waals surface area (Å²) in [6.07, 6.45) is 7.63. The van der Waals surface area contributed by atoms with E-state index in [2.05, 4.69) is 33.4 Å². The number of hydrogen-bond acceptors (Lipinski definition) is 5. The van der Waals surface area contributed by atoms with Crippen molar-refractivity contribution >= 4 is 6.03 Å². The van der Waals surface area contributed by atoms with Gasteiger partial charge in [-0.05, 0) is 37.7 Å². The van der Waals surface area contributed by atoms with Crippen molar-refractivity contribution in [1.29, 1.82) is 0 Å². The molecule has 25 heavy (non-hydrogen) atoms. The van der Waals surface area contributed by atoms with E-state index in [0.717, 1.165) is 57.7 Å². The number of amides is 2. The zero-order valence-corrected chi connectivity index (χ0v) is 15.3. The van der Waals surface area contributed by atoms with Crippen LogP contribution in [-0.2, 0) is 6.54 Å². The summed E-state index contributed by atoms with van der Waals surface area (Å²) >= 11 is 0. The summed E-state index contributed by atoms with van der Waals surface area (Å²) in [5.74, 6) is 1.34. The monoisotopic (exact) mass is 347 g/mol. The van der Waals surface area contributed by atoms with Crippen LogP contribution in [0.5, 0.6) is 0 Å². The summed E-state index contributed by atoms with van der Waals surface area (Å²) in [6, 6.07) is 0.237. The Hall–Kier alpha value is -1.89. The van der Waals surface area contributed by atoms with E-state index in [0.29, 0.717) is 12.4 Å². The molecule has 1 fully saturated rings. The lowest BCUT2D eigenvalue weighted by molar-refractivity contribution is 0.183. The average molecular weight is 347 g/mol. The number of nitrogens with one attached hydrogen (secondary N) is 1. The van der Waals surface area contributed by atoms with Crippen LogP contribution in [0.2, 0.25) is 0 Å². The molecule has 0 bridgehead atoms. The van der Waals surface area contributed by atoms with Crippen molar-refractivity contribution in [3.8, 4) is 0 Å². The molecule has 3 heterocycles. The Labute approximate surface area is 149 Å². The molecule has 1 aromatic heterocycles. The van der Waals surface area contributed by atoms with Crippen LogP contribution in [0.3, 0.4) is 0 Å². The van der Waals surface area contributed by atoms with Gasteiger partial charge in [0.2, 0.25) is 5.89 Å². The largest absolute Gasteiger partial charge is 0.340 e. The first-order valence-corrected chi connectivity index (χ1v) is 9.41. The summed E-state index contributed by atoms with van der Waals surface area (Å²) in [4.78, 5) is 21.0. The summed E-state index contributed by atoms with van der Waals surface area (Å²) in [5.41, 5.74) is 1.34. The molecule has 1 saturated heterocycles. The van der Waals surface area contributed by atoms with Crippen LogP contribution in [0.4, 0.5) is 4.79 Å². The molecule has 1 aromatic rings. The van der Waals surface area contributed by atoms with Crippen LogP contribution in [-0.4, -0.2) is 58.2 Å². The molecule has 2 aliphatic heterocycles. The molecular weight excluding hydrogens is 318 g/mol. The lowest BCUT2D eigenvalue weighted by Crippen LogP contribution is -2.48. The molecule has 7 heteroatoms. The maximum atomic E-state index is 12.5. The van der Waals surface area contributed by atoms with Crippen LogP contribution < -0.4 is 5.32 Å². The van der Waals surface area contributed by atoms with Crippen LogP contribution in [0.1, 0.15) is 50.7 Å². The van der Waals surface area contributed by atoms with Crippen molar-refractivity contribution in [1.82, 2.24) is 25.3 Å². The average Bonchev–Trinajstić information content (AvgIpc) is 3.06. The zero-order valence-electron chi connectivity index (χ0n) is 15.3. The number of aryl methyl sites for hydroxylation is 1. The van der Waals surface area contributed by atoms with Gasteiger partial charge in [0, 0.05) is 33.1 Å². The number of carbonyl (C=O) groups is 1. The first-order chi connectivity index (χ1) is 12.2.